The fourth-order valence-corrected chi connectivity index (χ4v) is 3.29. The predicted molar refractivity (Wildman–Crippen MR) is 99.4 cm³/mol. The Balaban J connectivity index is 1.50. The molecule has 1 aliphatic heterocycles. The fourth-order valence-electron chi connectivity index (χ4n) is 3.29. The smallest absolute Gasteiger partial charge is 0.273 e. The van der Waals surface area contributed by atoms with Crippen molar-refractivity contribution in [3.05, 3.63) is 46.8 Å². The average Bonchev–Trinajstić information content (AvgIpc) is 3.29. The number of rotatable bonds is 7. The summed E-state index contributed by atoms with van der Waals surface area (Å²) in [7, 11) is 0. The van der Waals surface area contributed by atoms with E-state index in [9.17, 15) is 4.79 Å². The van der Waals surface area contributed by atoms with E-state index in [-0.39, 0.29) is 12.5 Å². The van der Waals surface area contributed by atoms with Gasteiger partial charge in [-0.05, 0) is 63.0 Å². The van der Waals surface area contributed by atoms with Gasteiger partial charge in [-0.15, -0.1) is 0 Å². The van der Waals surface area contributed by atoms with E-state index in [1.807, 2.05) is 25.1 Å². The van der Waals surface area contributed by atoms with E-state index in [2.05, 4.69) is 29.2 Å². The lowest BCUT2D eigenvalue weighted by molar-refractivity contribution is 0.0932. The number of carbonyl (C=O) groups is 1. The molecule has 0 radical (unpaired) electrons. The van der Waals surface area contributed by atoms with Gasteiger partial charge in [-0.2, -0.15) is 0 Å². The quantitative estimate of drug-likeness (QED) is 0.825. The van der Waals surface area contributed by atoms with Crippen molar-refractivity contribution in [1.29, 1.82) is 0 Å². The van der Waals surface area contributed by atoms with Crippen LogP contribution in [-0.2, 0) is 6.61 Å². The van der Waals surface area contributed by atoms with Gasteiger partial charge in [0, 0.05) is 18.7 Å². The molecular formula is C20H27N3O3. The molecule has 0 spiro atoms. The van der Waals surface area contributed by atoms with Crippen LogP contribution in [0.25, 0.3) is 0 Å². The van der Waals surface area contributed by atoms with Gasteiger partial charge in [0.2, 0.25) is 0 Å². The minimum absolute atomic E-state index is 0.200. The van der Waals surface area contributed by atoms with Crippen LogP contribution in [0.1, 0.15) is 47.1 Å². The maximum Gasteiger partial charge on any atom is 0.273 e. The van der Waals surface area contributed by atoms with Crippen LogP contribution in [0.2, 0.25) is 0 Å². The van der Waals surface area contributed by atoms with Crippen LogP contribution in [-0.4, -0.2) is 41.6 Å². The van der Waals surface area contributed by atoms with Gasteiger partial charge in [-0.1, -0.05) is 18.1 Å². The Bertz CT molecular complexity index is 757. The zero-order valence-electron chi connectivity index (χ0n) is 15.7. The Hall–Kier alpha value is -2.34. The van der Waals surface area contributed by atoms with Crippen LogP contribution in [0.5, 0.6) is 5.75 Å². The molecule has 1 amide bonds. The highest BCUT2D eigenvalue weighted by atomic mass is 16.5. The van der Waals surface area contributed by atoms with Crippen molar-refractivity contribution < 1.29 is 14.1 Å². The molecule has 26 heavy (non-hydrogen) atoms. The number of hydrogen-bond donors (Lipinski definition) is 1. The number of likely N-dealkylation sites (tertiary alicyclic amines) is 1. The molecule has 140 valence electrons. The van der Waals surface area contributed by atoms with Gasteiger partial charge in [0.15, 0.2) is 11.5 Å². The first-order valence-electron chi connectivity index (χ1n) is 9.24. The number of carbonyl (C=O) groups excluding carboxylic acids is 1. The largest absolute Gasteiger partial charge is 0.486 e. The van der Waals surface area contributed by atoms with E-state index in [0.717, 1.165) is 25.3 Å². The molecule has 0 aliphatic carbocycles. The summed E-state index contributed by atoms with van der Waals surface area (Å²) in [4.78, 5) is 14.7. The third kappa shape index (κ3) is 4.43. The van der Waals surface area contributed by atoms with Gasteiger partial charge in [-0.3, -0.25) is 9.69 Å². The zero-order chi connectivity index (χ0) is 18.5. The number of likely N-dealkylation sites (N-methyl/N-ethyl adjacent to an activating group) is 1. The van der Waals surface area contributed by atoms with Crippen molar-refractivity contribution in [3.8, 4) is 5.75 Å². The van der Waals surface area contributed by atoms with E-state index < -0.39 is 0 Å². The average molecular weight is 357 g/mol. The van der Waals surface area contributed by atoms with Gasteiger partial charge in [0.1, 0.15) is 12.4 Å². The highest BCUT2D eigenvalue weighted by Crippen LogP contribution is 2.18. The predicted octanol–water partition coefficient (Wildman–Crippen LogP) is 3.08. The number of ether oxygens (including phenoxy) is 1. The van der Waals surface area contributed by atoms with Gasteiger partial charge in [0.05, 0.1) is 0 Å². The van der Waals surface area contributed by atoms with Crippen molar-refractivity contribution in [2.24, 2.45) is 0 Å². The van der Waals surface area contributed by atoms with E-state index >= 15 is 0 Å². The molecule has 0 saturated carbocycles. The molecule has 6 nitrogen and oxygen atoms in total. The monoisotopic (exact) mass is 357 g/mol. The van der Waals surface area contributed by atoms with Crippen LogP contribution < -0.4 is 10.1 Å². The molecule has 2 aromatic rings. The molecule has 1 atom stereocenters. The molecule has 1 saturated heterocycles. The van der Waals surface area contributed by atoms with E-state index in [1.54, 1.807) is 6.07 Å². The first-order chi connectivity index (χ1) is 12.6. The van der Waals surface area contributed by atoms with Crippen LogP contribution in [0.3, 0.4) is 0 Å². The summed E-state index contributed by atoms with van der Waals surface area (Å²) in [5, 5.41) is 6.83. The molecule has 1 aromatic heterocycles. The molecule has 1 aromatic carbocycles. The second-order valence-corrected chi connectivity index (χ2v) is 6.85. The molecule has 3 rings (SSSR count). The maximum atomic E-state index is 12.3. The minimum Gasteiger partial charge on any atom is -0.486 e. The lowest BCUT2D eigenvalue weighted by Crippen LogP contribution is -2.40. The topological polar surface area (TPSA) is 67.6 Å². The molecule has 1 aliphatic rings. The van der Waals surface area contributed by atoms with Crippen molar-refractivity contribution in [3.63, 3.8) is 0 Å². The first kappa shape index (κ1) is 18.5. The SMILES string of the molecule is CCN1CCC[C@H]1CNC(=O)c1cc(COc2ccc(C)c(C)c2)on1. The Labute approximate surface area is 154 Å². The third-order valence-corrected chi connectivity index (χ3v) is 5.05. The van der Waals surface area contributed by atoms with Gasteiger partial charge in [-0.25, -0.2) is 0 Å². The molecule has 2 heterocycles. The van der Waals surface area contributed by atoms with Crippen LogP contribution in [0.15, 0.2) is 28.8 Å². The summed E-state index contributed by atoms with van der Waals surface area (Å²) in [5.41, 5.74) is 2.69. The van der Waals surface area contributed by atoms with Crippen molar-refractivity contribution >= 4 is 5.91 Å². The Morgan fingerprint density at radius 2 is 2.19 bits per heavy atom. The van der Waals surface area contributed by atoms with Crippen LogP contribution >= 0.6 is 0 Å². The fraction of sp³-hybridized carbons (Fsp3) is 0.500. The number of hydrogen-bond acceptors (Lipinski definition) is 5. The summed E-state index contributed by atoms with van der Waals surface area (Å²) in [6, 6.07) is 7.99. The highest BCUT2D eigenvalue weighted by molar-refractivity contribution is 5.92. The Morgan fingerprint density at radius 1 is 1.35 bits per heavy atom. The summed E-state index contributed by atoms with van der Waals surface area (Å²) < 4.78 is 10.9. The van der Waals surface area contributed by atoms with Crippen molar-refractivity contribution in [1.82, 2.24) is 15.4 Å². The normalized spacial score (nSPS) is 17.4. The summed E-state index contributed by atoms with van der Waals surface area (Å²) in [6.45, 7) is 9.28. The Morgan fingerprint density at radius 3 is 2.96 bits per heavy atom. The zero-order valence-corrected chi connectivity index (χ0v) is 15.7. The van der Waals surface area contributed by atoms with E-state index in [4.69, 9.17) is 9.26 Å². The number of nitrogens with zero attached hydrogens (tertiary/aromatic N) is 2. The summed E-state index contributed by atoms with van der Waals surface area (Å²) >= 11 is 0. The van der Waals surface area contributed by atoms with Gasteiger partial charge < -0.3 is 14.6 Å². The number of amides is 1. The van der Waals surface area contributed by atoms with Gasteiger partial charge >= 0.3 is 0 Å². The van der Waals surface area contributed by atoms with Crippen LogP contribution in [0, 0.1) is 13.8 Å². The standard InChI is InChI=1S/C20H27N3O3/c1-4-23-9-5-6-16(23)12-21-20(24)19-11-18(26-22-19)13-25-17-8-7-14(2)15(3)10-17/h7-8,10-11,16H,4-6,9,12-13H2,1-3H3,(H,21,24)/t16-/m0/s1. The highest BCUT2D eigenvalue weighted by Gasteiger charge is 2.24. The number of benzene rings is 1. The van der Waals surface area contributed by atoms with E-state index in [0.29, 0.717) is 24.0 Å². The van der Waals surface area contributed by atoms with Crippen molar-refractivity contribution in [2.75, 3.05) is 19.6 Å². The molecule has 0 bridgehead atoms. The molecule has 1 N–H and O–H groups in total. The summed E-state index contributed by atoms with van der Waals surface area (Å²) in [6.07, 6.45) is 2.32. The summed E-state index contributed by atoms with van der Waals surface area (Å²) in [5.74, 6) is 1.11. The van der Waals surface area contributed by atoms with Crippen LogP contribution in [0.4, 0.5) is 0 Å². The second kappa shape index (κ2) is 8.36. The first-order valence-corrected chi connectivity index (χ1v) is 9.24. The number of nitrogens with one attached hydrogen (secondary N) is 1. The molecule has 6 heteroatoms. The second-order valence-electron chi connectivity index (χ2n) is 6.85. The molecule has 0 unspecified atom stereocenters. The minimum atomic E-state index is -0.200. The number of aromatic nitrogens is 1. The Kier molecular flexibility index (Phi) is 5.93. The van der Waals surface area contributed by atoms with Gasteiger partial charge in [0.25, 0.3) is 5.91 Å². The van der Waals surface area contributed by atoms with E-state index in [1.165, 1.54) is 17.5 Å². The lowest BCUT2D eigenvalue weighted by atomic mass is 10.1. The molecular weight excluding hydrogens is 330 g/mol. The third-order valence-electron chi connectivity index (χ3n) is 5.05. The lowest BCUT2D eigenvalue weighted by Gasteiger charge is -2.22. The molecule has 1 fully saturated rings. The van der Waals surface area contributed by atoms with Crippen molar-refractivity contribution in [2.45, 2.75) is 46.3 Å². The number of aryl methyl sites for hydroxylation is 2. The maximum absolute atomic E-state index is 12.3.